The van der Waals surface area contributed by atoms with Gasteiger partial charge >= 0.3 is 5.97 Å². The molecule has 2 heterocycles. The lowest BCUT2D eigenvalue weighted by molar-refractivity contribution is -0.246. The van der Waals surface area contributed by atoms with Crippen molar-refractivity contribution < 1.29 is 44.5 Å². The van der Waals surface area contributed by atoms with Gasteiger partial charge in [-0.25, -0.2) is 4.79 Å². The van der Waals surface area contributed by atoms with E-state index in [1.807, 2.05) is 12.1 Å². The van der Waals surface area contributed by atoms with Crippen molar-refractivity contribution in [2.45, 2.75) is 63.8 Å². The Morgan fingerprint density at radius 1 is 1.27 bits per heavy atom. The third kappa shape index (κ3) is 5.55. The van der Waals surface area contributed by atoms with Crippen LogP contribution in [0.1, 0.15) is 37.9 Å². The van der Waals surface area contributed by atoms with Crippen LogP contribution < -0.4 is 9.72 Å². The van der Waals surface area contributed by atoms with Crippen molar-refractivity contribution in [3.05, 3.63) is 29.5 Å². The van der Waals surface area contributed by atoms with E-state index in [4.69, 9.17) is 19.3 Å². The van der Waals surface area contributed by atoms with Crippen molar-refractivity contribution in [3.63, 3.8) is 0 Å². The van der Waals surface area contributed by atoms with Gasteiger partial charge in [0.05, 0.1) is 13.2 Å². The van der Waals surface area contributed by atoms with Crippen molar-refractivity contribution in [2.75, 3.05) is 19.8 Å². The second-order valence-electron chi connectivity index (χ2n) is 8.65. The van der Waals surface area contributed by atoms with Crippen LogP contribution in [0, 0.1) is 5.92 Å². The highest BCUT2D eigenvalue weighted by Gasteiger charge is 2.57. The van der Waals surface area contributed by atoms with Gasteiger partial charge in [0.1, 0.15) is 18.0 Å². The number of aliphatic hydroxyl groups is 5. The standard InChI is InChI=1S/C23H32NO9/c1-13(2)4-5-14-6-7-16-15(10-14)18(17(11-26)24-16)32-22(29)20-19(31-9-3-8-25)21(28)23(30,12-27)33-20/h6-7,10,13,19-21,25-28,30H,3-5,8-9,11-12H2,1-2H3/q-1. The monoisotopic (exact) mass is 466 g/mol. The third-order valence-corrected chi connectivity index (χ3v) is 5.66. The number of benzene rings is 1. The van der Waals surface area contributed by atoms with Gasteiger partial charge in [0.15, 0.2) is 6.10 Å². The van der Waals surface area contributed by atoms with Crippen molar-refractivity contribution in [2.24, 2.45) is 5.92 Å². The molecular formula is C23H32NO9-. The molecule has 0 radical (unpaired) electrons. The highest BCUT2D eigenvalue weighted by molar-refractivity contribution is 5.91. The number of hydrogen-bond donors (Lipinski definition) is 5. The SMILES string of the molecule is CC(C)CCc1ccc2[n-]c(CO)c(OC(=O)C3OC(O)(CO)C(O)C3OCCCO)c2c1. The number of carbonyl (C=O) groups is 1. The van der Waals surface area contributed by atoms with Crippen LogP contribution >= 0.6 is 0 Å². The van der Waals surface area contributed by atoms with E-state index >= 15 is 0 Å². The zero-order chi connectivity index (χ0) is 24.2. The van der Waals surface area contributed by atoms with Crippen molar-refractivity contribution in [1.29, 1.82) is 0 Å². The molecule has 1 aliphatic rings. The minimum absolute atomic E-state index is 0.0190. The van der Waals surface area contributed by atoms with Gasteiger partial charge in [-0.05, 0) is 36.8 Å². The Balaban J connectivity index is 1.87. The summed E-state index contributed by atoms with van der Waals surface area (Å²) in [6, 6.07) is 5.59. The van der Waals surface area contributed by atoms with E-state index in [1.165, 1.54) is 0 Å². The summed E-state index contributed by atoms with van der Waals surface area (Å²) in [5.74, 6) is -2.81. The predicted molar refractivity (Wildman–Crippen MR) is 116 cm³/mol. The molecule has 1 aromatic carbocycles. The third-order valence-electron chi connectivity index (χ3n) is 5.66. The topological polar surface area (TPSA) is 160 Å². The number of carbonyl (C=O) groups excluding carboxylic acids is 1. The molecule has 1 saturated heterocycles. The summed E-state index contributed by atoms with van der Waals surface area (Å²) in [5.41, 5.74) is 1.73. The minimum Gasteiger partial charge on any atom is -0.656 e. The van der Waals surface area contributed by atoms with E-state index in [2.05, 4.69) is 18.8 Å². The Morgan fingerprint density at radius 2 is 2.03 bits per heavy atom. The average Bonchev–Trinajstić information content (AvgIpc) is 3.27. The summed E-state index contributed by atoms with van der Waals surface area (Å²) in [5, 5.41) is 49.4. The van der Waals surface area contributed by atoms with Crippen molar-refractivity contribution in [3.8, 4) is 5.75 Å². The van der Waals surface area contributed by atoms with Gasteiger partial charge < -0.3 is 44.7 Å². The molecule has 0 aliphatic carbocycles. The first-order valence-electron chi connectivity index (χ1n) is 11.1. The first-order chi connectivity index (χ1) is 15.7. The van der Waals surface area contributed by atoms with Gasteiger partial charge in [0.2, 0.25) is 5.79 Å². The van der Waals surface area contributed by atoms with E-state index in [0.717, 1.165) is 18.4 Å². The highest BCUT2D eigenvalue weighted by Crippen LogP contribution is 2.35. The van der Waals surface area contributed by atoms with Gasteiger partial charge in [-0.1, -0.05) is 31.7 Å². The fourth-order valence-corrected chi connectivity index (χ4v) is 3.76. The van der Waals surface area contributed by atoms with Crippen LogP contribution in [0.5, 0.6) is 5.75 Å². The van der Waals surface area contributed by atoms with Crippen molar-refractivity contribution in [1.82, 2.24) is 4.98 Å². The fourth-order valence-electron chi connectivity index (χ4n) is 3.76. The summed E-state index contributed by atoms with van der Waals surface area (Å²) in [6.45, 7) is 2.62. The number of aryl methyl sites for hydroxylation is 1. The number of nitrogens with zero attached hydrogens (tertiary/aromatic N) is 1. The molecule has 4 atom stereocenters. The van der Waals surface area contributed by atoms with E-state index < -0.39 is 43.3 Å². The second-order valence-corrected chi connectivity index (χ2v) is 8.65. The Labute approximate surface area is 191 Å². The van der Waals surface area contributed by atoms with Crippen LogP contribution in [-0.4, -0.2) is 75.4 Å². The van der Waals surface area contributed by atoms with E-state index in [0.29, 0.717) is 16.8 Å². The Bertz CT molecular complexity index is 943. The maximum atomic E-state index is 13.0. The largest absolute Gasteiger partial charge is 0.656 e. The zero-order valence-electron chi connectivity index (χ0n) is 18.8. The summed E-state index contributed by atoms with van der Waals surface area (Å²) >= 11 is 0. The molecule has 0 amide bonds. The molecule has 0 spiro atoms. The molecule has 4 unspecified atom stereocenters. The lowest BCUT2D eigenvalue weighted by atomic mass is 10.0. The molecular weight excluding hydrogens is 434 g/mol. The molecule has 1 fully saturated rings. The highest BCUT2D eigenvalue weighted by atomic mass is 16.7. The van der Waals surface area contributed by atoms with Crippen LogP contribution in [0.4, 0.5) is 0 Å². The number of aromatic nitrogens is 1. The number of hydrogen-bond acceptors (Lipinski definition) is 9. The first-order valence-corrected chi connectivity index (χ1v) is 11.1. The molecule has 0 bridgehead atoms. The summed E-state index contributed by atoms with van der Waals surface area (Å²) in [7, 11) is 0. The Kier molecular flexibility index (Phi) is 8.46. The van der Waals surface area contributed by atoms with E-state index in [9.17, 15) is 25.2 Å². The normalized spacial score (nSPS) is 25.3. The van der Waals surface area contributed by atoms with Crippen LogP contribution in [0.2, 0.25) is 0 Å². The predicted octanol–water partition coefficient (Wildman–Crippen LogP) is -0.00850. The smallest absolute Gasteiger partial charge is 0.343 e. The first kappa shape index (κ1) is 25.6. The number of rotatable bonds is 11. The van der Waals surface area contributed by atoms with Gasteiger partial charge in [-0.15, -0.1) is 5.52 Å². The molecule has 0 saturated carbocycles. The summed E-state index contributed by atoms with van der Waals surface area (Å²) in [4.78, 5) is 17.3. The van der Waals surface area contributed by atoms with Gasteiger partial charge in [0.25, 0.3) is 0 Å². The number of aliphatic hydroxyl groups excluding tert-OH is 4. The molecule has 1 aliphatic heterocycles. The number of ether oxygens (including phenoxy) is 3. The van der Waals surface area contributed by atoms with Gasteiger partial charge in [-0.2, -0.15) is 0 Å². The number of esters is 1. The van der Waals surface area contributed by atoms with E-state index in [-0.39, 0.29) is 31.1 Å². The zero-order valence-corrected chi connectivity index (χ0v) is 18.8. The average molecular weight is 467 g/mol. The van der Waals surface area contributed by atoms with E-state index in [1.54, 1.807) is 6.07 Å². The minimum atomic E-state index is -2.41. The molecule has 184 valence electrons. The molecule has 1 aromatic heterocycles. The summed E-state index contributed by atoms with van der Waals surface area (Å²) in [6.07, 6.45) is -2.60. The van der Waals surface area contributed by atoms with Crippen molar-refractivity contribution >= 4 is 16.9 Å². The van der Waals surface area contributed by atoms with Crippen LogP contribution in [0.3, 0.4) is 0 Å². The maximum Gasteiger partial charge on any atom is 0.343 e. The number of fused-ring (bicyclic) bond motifs is 1. The van der Waals surface area contributed by atoms with Crippen LogP contribution in [0.15, 0.2) is 18.2 Å². The Morgan fingerprint density at radius 3 is 2.67 bits per heavy atom. The lowest BCUT2D eigenvalue weighted by Gasteiger charge is -2.23. The maximum absolute atomic E-state index is 13.0. The quantitative estimate of drug-likeness (QED) is 0.225. The Hall–Kier alpha value is -2.05. The summed E-state index contributed by atoms with van der Waals surface area (Å²) < 4.78 is 16.3. The molecule has 33 heavy (non-hydrogen) atoms. The molecule has 10 nitrogen and oxygen atoms in total. The van der Waals surface area contributed by atoms with Crippen LogP contribution in [0.25, 0.3) is 10.9 Å². The van der Waals surface area contributed by atoms with Gasteiger partial charge in [0, 0.05) is 18.6 Å². The fraction of sp³-hybridized carbons (Fsp3) is 0.609. The second kappa shape index (κ2) is 10.9. The van der Waals surface area contributed by atoms with Crippen LogP contribution in [-0.2, 0) is 27.3 Å². The molecule has 5 N–H and O–H groups in total. The molecule has 2 aromatic rings. The molecule has 10 heteroatoms. The lowest BCUT2D eigenvalue weighted by Crippen LogP contribution is -2.47. The molecule has 3 rings (SSSR count). The van der Waals surface area contributed by atoms with Gasteiger partial charge in [-0.3, -0.25) is 0 Å².